The van der Waals surface area contributed by atoms with Crippen molar-refractivity contribution >= 4 is 17.3 Å². The van der Waals surface area contributed by atoms with Crippen LogP contribution < -0.4 is 16.4 Å². The van der Waals surface area contributed by atoms with Gasteiger partial charge < -0.3 is 16.4 Å². The zero-order valence-corrected chi connectivity index (χ0v) is 12.3. The third kappa shape index (κ3) is 3.88. The lowest BCUT2D eigenvalue weighted by atomic mass is 9.95. The van der Waals surface area contributed by atoms with E-state index in [0.29, 0.717) is 17.8 Å². The fraction of sp³-hybridized carbons (Fsp3) is 0.533. The maximum Gasteiger partial charge on any atom is 0.251 e. The van der Waals surface area contributed by atoms with E-state index < -0.39 is 0 Å². The topological polar surface area (TPSA) is 67.2 Å². The number of benzene rings is 1. The largest absolute Gasteiger partial charge is 0.397 e. The molecule has 4 N–H and O–H groups in total. The molecule has 0 radical (unpaired) electrons. The highest BCUT2D eigenvalue weighted by molar-refractivity contribution is 5.96. The van der Waals surface area contributed by atoms with E-state index >= 15 is 0 Å². The van der Waals surface area contributed by atoms with Crippen LogP contribution in [-0.4, -0.2) is 18.0 Å². The first-order valence-electron chi connectivity index (χ1n) is 6.91. The van der Waals surface area contributed by atoms with Crippen molar-refractivity contribution in [1.82, 2.24) is 5.32 Å². The van der Waals surface area contributed by atoms with E-state index in [9.17, 15) is 4.79 Å². The smallest absolute Gasteiger partial charge is 0.251 e. The molecule has 0 aromatic heterocycles. The van der Waals surface area contributed by atoms with Gasteiger partial charge in [0.1, 0.15) is 0 Å². The summed E-state index contributed by atoms with van der Waals surface area (Å²) in [5.41, 5.74) is 8.15. The number of hydrogen-bond donors (Lipinski definition) is 3. The monoisotopic (exact) mass is 263 g/mol. The van der Waals surface area contributed by atoms with Crippen molar-refractivity contribution in [2.24, 2.45) is 0 Å². The summed E-state index contributed by atoms with van der Waals surface area (Å²) < 4.78 is 0. The van der Waals surface area contributed by atoms with Crippen LogP contribution in [0.15, 0.2) is 18.2 Å². The van der Waals surface area contributed by atoms with Crippen molar-refractivity contribution in [3.63, 3.8) is 0 Å². The molecule has 0 spiro atoms. The van der Waals surface area contributed by atoms with Crippen LogP contribution >= 0.6 is 0 Å². The minimum Gasteiger partial charge on any atom is -0.397 e. The molecule has 0 fully saturated rings. The summed E-state index contributed by atoms with van der Waals surface area (Å²) in [5.74, 6) is -0.0884. The Labute approximate surface area is 115 Å². The van der Waals surface area contributed by atoms with Crippen molar-refractivity contribution in [2.45, 2.75) is 46.1 Å². The molecule has 0 atom stereocenters. The zero-order chi connectivity index (χ0) is 14.5. The van der Waals surface area contributed by atoms with Gasteiger partial charge in [-0.2, -0.15) is 0 Å². The van der Waals surface area contributed by atoms with E-state index in [-0.39, 0.29) is 11.4 Å². The lowest BCUT2D eigenvalue weighted by Gasteiger charge is -2.30. The summed E-state index contributed by atoms with van der Waals surface area (Å²) in [6, 6.07) is 5.40. The molecule has 4 heteroatoms. The molecular weight excluding hydrogens is 238 g/mol. The average Bonchev–Trinajstić information content (AvgIpc) is 2.41. The number of nitrogen functional groups attached to an aromatic ring is 1. The molecule has 106 valence electrons. The molecule has 1 aromatic rings. The summed E-state index contributed by atoms with van der Waals surface area (Å²) in [6.45, 7) is 8.98. The third-order valence-electron chi connectivity index (χ3n) is 3.65. The Morgan fingerprint density at radius 1 is 1.26 bits per heavy atom. The van der Waals surface area contributed by atoms with Crippen molar-refractivity contribution in [1.29, 1.82) is 0 Å². The van der Waals surface area contributed by atoms with Crippen molar-refractivity contribution in [2.75, 3.05) is 17.6 Å². The molecule has 0 saturated carbocycles. The Kier molecular flexibility index (Phi) is 5.21. The van der Waals surface area contributed by atoms with Gasteiger partial charge in [0, 0.05) is 17.6 Å². The quantitative estimate of drug-likeness (QED) is 0.691. The average molecular weight is 263 g/mol. The molecule has 0 heterocycles. The van der Waals surface area contributed by atoms with Gasteiger partial charge >= 0.3 is 0 Å². The first-order chi connectivity index (χ1) is 8.95. The van der Waals surface area contributed by atoms with Crippen LogP contribution in [0.2, 0.25) is 0 Å². The van der Waals surface area contributed by atoms with Gasteiger partial charge in [-0.1, -0.05) is 13.8 Å². The first kappa shape index (κ1) is 15.3. The number of nitrogens with two attached hydrogens (primary N) is 1. The summed E-state index contributed by atoms with van der Waals surface area (Å²) in [4.78, 5) is 11.7. The molecule has 0 aliphatic heterocycles. The first-order valence-corrected chi connectivity index (χ1v) is 6.91. The molecular formula is C15H25N3O. The van der Waals surface area contributed by atoms with Crippen LogP contribution in [0.4, 0.5) is 11.4 Å². The van der Waals surface area contributed by atoms with Gasteiger partial charge in [-0.05, 0) is 44.9 Å². The Balaban J connectivity index is 2.92. The lowest BCUT2D eigenvalue weighted by molar-refractivity contribution is 0.0956. The summed E-state index contributed by atoms with van der Waals surface area (Å²) >= 11 is 0. The highest BCUT2D eigenvalue weighted by Gasteiger charge is 2.20. The van der Waals surface area contributed by atoms with Crippen molar-refractivity contribution in [3.05, 3.63) is 23.8 Å². The zero-order valence-electron chi connectivity index (χ0n) is 12.3. The molecule has 0 saturated heterocycles. The molecule has 4 nitrogen and oxygen atoms in total. The number of anilines is 2. The van der Waals surface area contributed by atoms with Crippen LogP contribution in [0.3, 0.4) is 0 Å². The van der Waals surface area contributed by atoms with Crippen LogP contribution in [0.1, 0.15) is 50.9 Å². The van der Waals surface area contributed by atoms with Crippen molar-refractivity contribution < 1.29 is 4.79 Å². The van der Waals surface area contributed by atoms with E-state index in [0.717, 1.165) is 18.5 Å². The number of hydrogen-bond acceptors (Lipinski definition) is 3. The van der Waals surface area contributed by atoms with Gasteiger partial charge in [-0.3, -0.25) is 4.79 Å². The maximum absolute atomic E-state index is 11.7. The Hall–Kier alpha value is -1.71. The van der Waals surface area contributed by atoms with Gasteiger partial charge in [-0.15, -0.1) is 0 Å². The minimum atomic E-state index is -0.0884. The number of carbonyl (C=O) groups is 1. The van der Waals surface area contributed by atoms with E-state index in [2.05, 4.69) is 31.4 Å². The van der Waals surface area contributed by atoms with Gasteiger partial charge in [0.2, 0.25) is 0 Å². The number of nitrogens with one attached hydrogen (secondary N) is 2. The second-order valence-electron chi connectivity index (χ2n) is 5.05. The maximum atomic E-state index is 11.7. The molecule has 19 heavy (non-hydrogen) atoms. The van der Waals surface area contributed by atoms with Crippen LogP contribution in [0.5, 0.6) is 0 Å². The summed E-state index contributed by atoms with van der Waals surface area (Å²) in [7, 11) is 0. The molecule has 0 aliphatic carbocycles. The van der Waals surface area contributed by atoms with Gasteiger partial charge in [0.15, 0.2) is 0 Å². The van der Waals surface area contributed by atoms with Crippen LogP contribution in [0, 0.1) is 0 Å². The molecule has 0 unspecified atom stereocenters. The van der Waals surface area contributed by atoms with Crippen LogP contribution in [0.25, 0.3) is 0 Å². The number of rotatable bonds is 6. The normalized spacial score (nSPS) is 11.2. The van der Waals surface area contributed by atoms with Crippen LogP contribution in [-0.2, 0) is 0 Å². The SMILES string of the molecule is CCNC(=O)c1ccc(NC(C)(CC)CC)c(N)c1. The van der Waals surface area contributed by atoms with Gasteiger partial charge in [0.25, 0.3) is 5.91 Å². The second kappa shape index (κ2) is 6.45. The second-order valence-corrected chi connectivity index (χ2v) is 5.05. The molecule has 0 bridgehead atoms. The Morgan fingerprint density at radius 2 is 1.89 bits per heavy atom. The standard InChI is InChI=1S/C15H25N3O/c1-5-15(4,6-2)18-13-9-8-11(10-12(13)16)14(19)17-7-3/h8-10,18H,5-7,16H2,1-4H3,(H,17,19). The molecule has 1 aromatic carbocycles. The third-order valence-corrected chi connectivity index (χ3v) is 3.65. The van der Waals surface area contributed by atoms with E-state index in [1.54, 1.807) is 12.1 Å². The molecule has 1 rings (SSSR count). The predicted molar refractivity (Wildman–Crippen MR) is 81.5 cm³/mol. The number of carbonyl (C=O) groups excluding carboxylic acids is 1. The molecule has 0 aliphatic rings. The van der Waals surface area contributed by atoms with E-state index in [4.69, 9.17) is 5.73 Å². The summed E-state index contributed by atoms with van der Waals surface area (Å²) in [5, 5.41) is 6.23. The number of amides is 1. The molecule has 1 amide bonds. The van der Waals surface area contributed by atoms with Crippen molar-refractivity contribution in [3.8, 4) is 0 Å². The Morgan fingerprint density at radius 3 is 2.37 bits per heavy atom. The highest BCUT2D eigenvalue weighted by Crippen LogP contribution is 2.26. The Bertz CT molecular complexity index is 439. The fourth-order valence-corrected chi connectivity index (χ4v) is 1.83. The lowest BCUT2D eigenvalue weighted by Crippen LogP contribution is -2.33. The van der Waals surface area contributed by atoms with Gasteiger partial charge in [0.05, 0.1) is 11.4 Å². The van der Waals surface area contributed by atoms with Gasteiger partial charge in [-0.25, -0.2) is 0 Å². The fourth-order valence-electron chi connectivity index (χ4n) is 1.83. The summed E-state index contributed by atoms with van der Waals surface area (Å²) in [6.07, 6.45) is 2.03. The van der Waals surface area contributed by atoms with E-state index in [1.165, 1.54) is 0 Å². The predicted octanol–water partition coefficient (Wildman–Crippen LogP) is 3.01. The highest BCUT2D eigenvalue weighted by atomic mass is 16.1. The minimum absolute atomic E-state index is 0.0291. The van der Waals surface area contributed by atoms with E-state index in [1.807, 2.05) is 13.0 Å².